The summed E-state index contributed by atoms with van der Waals surface area (Å²) in [5.41, 5.74) is 0.672. The average Bonchev–Trinajstić information content (AvgIpc) is 2.45. The summed E-state index contributed by atoms with van der Waals surface area (Å²) >= 11 is 0. The fraction of sp³-hybridized carbons (Fsp3) is 0.533. The lowest BCUT2D eigenvalue weighted by Gasteiger charge is -2.17. The Kier molecular flexibility index (Phi) is 6.36. The maximum absolute atomic E-state index is 12.3. The van der Waals surface area contributed by atoms with Gasteiger partial charge < -0.3 is 5.11 Å². The van der Waals surface area contributed by atoms with Crippen molar-refractivity contribution in [3.05, 3.63) is 29.3 Å². The van der Waals surface area contributed by atoms with Crippen LogP contribution in [0.2, 0.25) is 0 Å². The molecule has 0 aliphatic rings. The molecule has 6 heteroatoms. The van der Waals surface area contributed by atoms with E-state index in [0.29, 0.717) is 18.4 Å². The number of hydrogen-bond donors (Lipinski definition) is 2. The first-order valence-corrected chi connectivity index (χ1v) is 8.72. The van der Waals surface area contributed by atoms with E-state index in [1.807, 2.05) is 20.8 Å². The number of carboxylic acid groups (broad SMARTS) is 1. The van der Waals surface area contributed by atoms with Crippen LogP contribution in [0.25, 0.3) is 0 Å². The average molecular weight is 313 g/mol. The van der Waals surface area contributed by atoms with E-state index in [2.05, 4.69) is 4.72 Å². The Hall–Kier alpha value is -1.40. The van der Waals surface area contributed by atoms with E-state index in [9.17, 15) is 18.3 Å². The second kappa shape index (κ2) is 7.56. The Bertz CT molecular complexity index is 596. The molecule has 2 N–H and O–H groups in total. The van der Waals surface area contributed by atoms with E-state index in [1.165, 1.54) is 12.1 Å². The molecule has 0 saturated carbocycles. The molecule has 21 heavy (non-hydrogen) atoms. The van der Waals surface area contributed by atoms with Crippen molar-refractivity contribution < 1.29 is 18.3 Å². The first kappa shape index (κ1) is 17.7. The van der Waals surface area contributed by atoms with Crippen LogP contribution < -0.4 is 4.72 Å². The first-order chi connectivity index (χ1) is 9.85. The molecule has 1 aromatic rings. The van der Waals surface area contributed by atoms with E-state index in [-0.39, 0.29) is 16.5 Å². The molecule has 0 heterocycles. The van der Waals surface area contributed by atoms with Crippen molar-refractivity contribution in [1.29, 1.82) is 0 Å². The molecule has 1 unspecified atom stereocenters. The fourth-order valence-electron chi connectivity index (χ4n) is 2.21. The molecule has 0 aliphatic heterocycles. The van der Waals surface area contributed by atoms with Crippen molar-refractivity contribution in [3.8, 4) is 0 Å². The van der Waals surface area contributed by atoms with E-state index in [4.69, 9.17) is 0 Å². The summed E-state index contributed by atoms with van der Waals surface area (Å²) in [4.78, 5) is 11.2. The second-order valence-corrected chi connectivity index (χ2v) is 6.71. The van der Waals surface area contributed by atoms with Crippen molar-refractivity contribution in [3.63, 3.8) is 0 Å². The molecule has 118 valence electrons. The zero-order valence-corrected chi connectivity index (χ0v) is 13.5. The molecule has 1 atom stereocenters. The third kappa shape index (κ3) is 4.54. The normalized spacial score (nSPS) is 13.1. The lowest BCUT2D eigenvalue weighted by molar-refractivity contribution is 0.0695. The molecular weight excluding hydrogens is 290 g/mol. The van der Waals surface area contributed by atoms with Gasteiger partial charge in [-0.2, -0.15) is 0 Å². The standard InChI is InChI=1S/C15H23NO4S/c1-4-7-12(6-3)16-21(19,20)13-9-8-11(5-2)14(10-13)15(17)18/h8-10,12,16H,4-7H2,1-3H3,(H,17,18). The molecule has 5 nitrogen and oxygen atoms in total. The fourth-order valence-corrected chi connectivity index (χ4v) is 3.59. The largest absolute Gasteiger partial charge is 0.478 e. The number of carbonyl (C=O) groups is 1. The number of benzene rings is 1. The minimum atomic E-state index is -3.69. The van der Waals surface area contributed by atoms with Crippen LogP contribution in [0.15, 0.2) is 23.1 Å². The van der Waals surface area contributed by atoms with Crippen LogP contribution in [0.4, 0.5) is 0 Å². The van der Waals surface area contributed by atoms with Crippen LogP contribution in [-0.4, -0.2) is 25.5 Å². The summed E-state index contributed by atoms with van der Waals surface area (Å²) in [5, 5.41) is 9.18. The molecule has 0 fully saturated rings. The molecule has 0 saturated heterocycles. The van der Waals surface area contributed by atoms with Crippen LogP contribution in [0.5, 0.6) is 0 Å². The van der Waals surface area contributed by atoms with Crippen LogP contribution >= 0.6 is 0 Å². The van der Waals surface area contributed by atoms with Gasteiger partial charge in [0.1, 0.15) is 0 Å². The molecule has 0 aromatic heterocycles. The van der Waals surface area contributed by atoms with E-state index in [1.54, 1.807) is 6.07 Å². The number of carboxylic acids is 1. The maximum Gasteiger partial charge on any atom is 0.336 e. The smallest absolute Gasteiger partial charge is 0.336 e. The third-order valence-electron chi connectivity index (χ3n) is 3.45. The van der Waals surface area contributed by atoms with E-state index in [0.717, 1.165) is 12.8 Å². The van der Waals surface area contributed by atoms with Gasteiger partial charge in [0, 0.05) is 6.04 Å². The van der Waals surface area contributed by atoms with Crippen LogP contribution in [0.3, 0.4) is 0 Å². The van der Waals surface area contributed by atoms with Gasteiger partial charge in [0.05, 0.1) is 10.5 Å². The van der Waals surface area contributed by atoms with Gasteiger partial charge in [-0.3, -0.25) is 0 Å². The lowest BCUT2D eigenvalue weighted by atomic mass is 10.1. The molecule has 1 rings (SSSR count). The van der Waals surface area contributed by atoms with Gasteiger partial charge in [-0.1, -0.05) is 33.3 Å². The van der Waals surface area contributed by atoms with Crippen LogP contribution in [0.1, 0.15) is 56.0 Å². The summed E-state index contributed by atoms with van der Waals surface area (Å²) in [6, 6.07) is 4.15. The van der Waals surface area contributed by atoms with Crippen molar-refractivity contribution in [2.45, 2.75) is 57.4 Å². The van der Waals surface area contributed by atoms with Gasteiger partial charge in [0.15, 0.2) is 0 Å². The Morgan fingerprint density at radius 1 is 1.29 bits per heavy atom. The van der Waals surface area contributed by atoms with Gasteiger partial charge in [-0.15, -0.1) is 0 Å². The monoisotopic (exact) mass is 313 g/mol. The Morgan fingerprint density at radius 2 is 1.95 bits per heavy atom. The highest BCUT2D eigenvalue weighted by molar-refractivity contribution is 7.89. The highest BCUT2D eigenvalue weighted by Gasteiger charge is 2.21. The molecule has 0 amide bonds. The molecule has 1 aromatic carbocycles. The molecule has 0 bridgehead atoms. The van der Waals surface area contributed by atoms with Gasteiger partial charge in [-0.05, 0) is 37.0 Å². The minimum absolute atomic E-state index is 0.00616. The summed E-state index contributed by atoms with van der Waals surface area (Å²) in [6.07, 6.45) is 2.89. The van der Waals surface area contributed by atoms with Crippen LogP contribution in [-0.2, 0) is 16.4 Å². The molecule has 0 radical (unpaired) electrons. The number of nitrogens with one attached hydrogen (secondary N) is 1. The minimum Gasteiger partial charge on any atom is -0.478 e. The predicted octanol–water partition coefficient (Wildman–Crippen LogP) is 2.80. The highest BCUT2D eigenvalue weighted by atomic mass is 32.2. The van der Waals surface area contributed by atoms with Gasteiger partial charge in [0.25, 0.3) is 0 Å². The van der Waals surface area contributed by atoms with E-state index < -0.39 is 16.0 Å². The zero-order chi connectivity index (χ0) is 16.0. The number of rotatable bonds is 8. The number of aryl methyl sites for hydroxylation is 1. The SMILES string of the molecule is CCCC(CC)NS(=O)(=O)c1ccc(CC)c(C(=O)O)c1. The second-order valence-electron chi connectivity index (χ2n) is 4.99. The Morgan fingerprint density at radius 3 is 2.43 bits per heavy atom. The maximum atomic E-state index is 12.3. The van der Waals surface area contributed by atoms with Crippen molar-refractivity contribution in [2.24, 2.45) is 0 Å². The lowest BCUT2D eigenvalue weighted by Crippen LogP contribution is -2.34. The van der Waals surface area contributed by atoms with Crippen LogP contribution in [0, 0.1) is 0 Å². The Labute approximate surface area is 126 Å². The first-order valence-electron chi connectivity index (χ1n) is 7.24. The van der Waals surface area contributed by atoms with Gasteiger partial charge in [-0.25, -0.2) is 17.9 Å². The van der Waals surface area contributed by atoms with Crippen molar-refractivity contribution >= 4 is 16.0 Å². The Balaban J connectivity index is 3.14. The highest BCUT2D eigenvalue weighted by Crippen LogP contribution is 2.18. The summed E-state index contributed by atoms with van der Waals surface area (Å²) in [6.45, 7) is 5.75. The number of hydrogen-bond acceptors (Lipinski definition) is 3. The topological polar surface area (TPSA) is 83.5 Å². The third-order valence-corrected chi connectivity index (χ3v) is 4.97. The quantitative estimate of drug-likeness (QED) is 0.773. The summed E-state index contributed by atoms with van der Waals surface area (Å²) in [5.74, 6) is -1.11. The molecular formula is C15H23NO4S. The van der Waals surface area contributed by atoms with Crippen molar-refractivity contribution in [1.82, 2.24) is 4.72 Å². The number of aromatic carboxylic acids is 1. The van der Waals surface area contributed by atoms with Gasteiger partial charge in [0.2, 0.25) is 10.0 Å². The molecule has 0 spiro atoms. The predicted molar refractivity (Wildman–Crippen MR) is 82.1 cm³/mol. The summed E-state index contributed by atoms with van der Waals surface area (Å²) in [7, 11) is -3.69. The van der Waals surface area contributed by atoms with E-state index >= 15 is 0 Å². The number of sulfonamides is 1. The summed E-state index contributed by atoms with van der Waals surface area (Å²) < 4.78 is 27.3. The molecule has 0 aliphatic carbocycles. The zero-order valence-electron chi connectivity index (χ0n) is 12.7. The van der Waals surface area contributed by atoms with Gasteiger partial charge >= 0.3 is 5.97 Å². The van der Waals surface area contributed by atoms with Crippen molar-refractivity contribution in [2.75, 3.05) is 0 Å².